The molecule has 0 unspecified atom stereocenters. The molecule has 0 radical (unpaired) electrons. The van der Waals surface area contributed by atoms with Crippen molar-refractivity contribution in [2.75, 3.05) is 26.2 Å². The summed E-state index contributed by atoms with van der Waals surface area (Å²) in [6, 6.07) is 4.08. The lowest BCUT2D eigenvalue weighted by atomic mass is 10.1. The Morgan fingerprint density at radius 3 is 2.48 bits per heavy atom. The number of hydrogen-bond acceptors (Lipinski definition) is 4. The van der Waals surface area contributed by atoms with Crippen LogP contribution in [-0.2, 0) is 6.54 Å². The van der Waals surface area contributed by atoms with Crippen LogP contribution in [0.1, 0.15) is 5.56 Å². The number of piperazine rings is 1. The summed E-state index contributed by atoms with van der Waals surface area (Å²) in [6.07, 6.45) is -0.967. The standard InChI is InChI=1S/C12H14FN3O4.ClH/c13-11-9(2-1-3-10(11)16(19)20)8-14-4-6-15(7-5-14)12(17)18;/h1-3H,4-8H2,(H,17,18);1H. The van der Waals surface area contributed by atoms with Gasteiger partial charge in [0.1, 0.15) is 0 Å². The van der Waals surface area contributed by atoms with Crippen LogP contribution in [0.15, 0.2) is 18.2 Å². The van der Waals surface area contributed by atoms with Crippen LogP contribution in [0.25, 0.3) is 0 Å². The average molecular weight is 320 g/mol. The van der Waals surface area contributed by atoms with E-state index in [-0.39, 0.29) is 24.5 Å². The molecule has 0 saturated carbocycles. The smallest absolute Gasteiger partial charge is 0.407 e. The quantitative estimate of drug-likeness (QED) is 0.679. The number of benzene rings is 1. The maximum Gasteiger partial charge on any atom is 0.407 e. The minimum atomic E-state index is -0.967. The minimum Gasteiger partial charge on any atom is -0.465 e. The number of hydrogen-bond donors (Lipinski definition) is 1. The molecule has 1 N–H and O–H groups in total. The van der Waals surface area contributed by atoms with E-state index >= 15 is 0 Å². The summed E-state index contributed by atoms with van der Waals surface area (Å²) in [5.41, 5.74) is -0.283. The Bertz CT molecular complexity index is 535. The van der Waals surface area contributed by atoms with Gasteiger partial charge in [0, 0.05) is 44.4 Å². The SMILES string of the molecule is Cl.O=C(O)N1CCN(Cc2cccc([N+](=O)[O-])c2F)CC1. The van der Waals surface area contributed by atoms with Gasteiger partial charge in [-0.1, -0.05) is 12.1 Å². The molecule has 1 aromatic carbocycles. The first-order chi connectivity index (χ1) is 9.49. The van der Waals surface area contributed by atoms with E-state index in [0.717, 1.165) is 6.07 Å². The van der Waals surface area contributed by atoms with Crippen LogP contribution < -0.4 is 0 Å². The fraction of sp³-hybridized carbons (Fsp3) is 0.417. The number of carbonyl (C=O) groups is 1. The van der Waals surface area contributed by atoms with Gasteiger partial charge in [0.05, 0.1) is 4.92 Å². The summed E-state index contributed by atoms with van der Waals surface area (Å²) in [5.74, 6) is -0.821. The van der Waals surface area contributed by atoms with Crippen molar-refractivity contribution in [3.63, 3.8) is 0 Å². The van der Waals surface area contributed by atoms with Gasteiger partial charge in [-0.15, -0.1) is 12.4 Å². The van der Waals surface area contributed by atoms with Gasteiger partial charge in [0.2, 0.25) is 5.82 Å². The van der Waals surface area contributed by atoms with Gasteiger partial charge in [-0.3, -0.25) is 15.0 Å². The Morgan fingerprint density at radius 1 is 1.33 bits per heavy atom. The molecule has 1 fully saturated rings. The largest absolute Gasteiger partial charge is 0.465 e. The van der Waals surface area contributed by atoms with Crippen LogP contribution in [0.3, 0.4) is 0 Å². The highest BCUT2D eigenvalue weighted by Crippen LogP contribution is 2.21. The van der Waals surface area contributed by atoms with Crippen molar-refractivity contribution in [2.24, 2.45) is 0 Å². The van der Waals surface area contributed by atoms with Crippen LogP contribution >= 0.6 is 12.4 Å². The minimum absolute atomic E-state index is 0. The summed E-state index contributed by atoms with van der Waals surface area (Å²) < 4.78 is 13.9. The third kappa shape index (κ3) is 4.02. The van der Waals surface area contributed by atoms with Gasteiger partial charge in [-0.05, 0) is 0 Å². The first kappa shape index (κ1) is 17.1. The molecule has 1 saturated heterocycles. The Labute approximate surface area is 126 Å². The maximum absolute atomic E-state index is 13.9. The summed E-state index contributed by atoms with van der Waals surface area (Å²) in [5, 5.41) is 19.5. The van der Waals surface area contributed by atoms with Crippen LogP contribution in [0.4, 0.5) is 14.9 Å². The number of amides is 1. The van der Waals surface area contributed by atoms with Crippen molar-refractivity contribution in [3.05, 3.63) is 39.7 Å². The Morgan fingerprint density at radius 2 is 1.95 bits per heavy atom. The molecular weight excluding hydrogens is 305 g/mol. The third-order valence-electron chi connectivity index (χ3n) is 3.29. The zero-order valence-electron chi connectivity index (χ0n) is 11.1. The topological polar surface area (TPSA) is 86.9 Å². The van der Waals surface area contributed by atoms with E-state index in [1.54, 1.807) is 0 Å². The third-order valence-corrected chi connectivity index (χ3v) is 3.29. The van der Waals surface area contributed by atoms with Crippen molar-refractivity contribution in [3.8, 4) is 0 Å². The van der Waals surface area contributed by atoms with Gasteiger partial charge in [0.15, 0.2) is 0 Å². The zero-order chi connectivity index (χ0) is 14.7. The molecule has 0 atom stereocenters. The molecule has 1 amide bonds. The number of halogens is 2. The monoisotopic (exact) mass is 319 g/mol. The van der Waals surface area contributed by atoms with Crippen LogP contribution in [0.2, 0.25) is 0 Å². The van der Waals surface area contributed by atoms with Gasteiger partial charge in [0.25, 0.3) is 0 Å². The number of rotatable bonds is 3. The van der Waals surface area contributed by atoms with E-state index in [9.17, 15) is 19.3 Å². The molecule has 0 spiro atoms. The second-order valence-electron chi connectivity index (χ2n) is 4.55. The first-order valence-corrected chi connectivity index (χ1v) is 6.11. The number of nitro benzene ring substituents is 1. The van der Waals surface area contributed by atoms with Crippen molar-refractivity contribution in [1.29, 1.82) is 0 Å². The molecule has 0 aromatic heterocycles. The average Bonchev–Trinajstić information content (AvgIpc) is 2.41. The summed E-state index contributed by atoms with van der Waals surface area (Å²) in [4.78, 5) is 23.8. The summed E-state index contributed by atoms with van der Waals surface area (Å²) in [6.45, 7) is 1.90. The van der Waals surface area contributed by atoms with E-state index in [2.05, 4.69) is 0 Å². The maximum atomic E-state index is 13.9. The van der Waals surface area contributed by atoms with E-state index in [0.29, 0.717) is 26.2 Å². The molecule has 0 aliphatic carbocycles. The van der Waals surface area contributed by atoms with Crippen molar-refractivity contribution >= 4 is 24.2 Å². The highest BCUT2D eigenvalue weighted by atomic mass is 35.5. The molecule has 1 aliphatic heterocycles. The number of nitro groups is 1. The predicted molar refractivity (Wildman–Crippen MR) is 75.2 cm³/mol. The lowest BCUT2D eigenvalue weighted by Gasteiger charge is -2.33. The van der Waals surface area contributed by atoms with Gasteiger partial charge < -0.3 is 10.0 Å². The predicted octanol–water partition coefficient (Wildman–Crippen LogP) is 1.95. The normalized spacial score (nSPS) is 15.4. The van der Waals surface area contributed by atoms with E-state index in [1.165, 1.54) is 17.0 Å². The first-order valence-electron chi connectivity index (χ1n) is 6.11. The highest BCUT2D eigenvalue weighted by molar-refractivity contribution is 5.85. The second kappa shape index (κ2) is 7.19. The molecule has 1 aromatic rings. The molecule has 2 rings (SSSR count). The molecule has 1 aliphatic rings. The van der Waals surface area contributed by atoms with E-state index in [4.69, 9.17) is 5.11 Å². The van der Waals surface area contributed by atoms with Gasteiger partial charge in [-0.25, -0.2) is 4.79 Å². The second-order valence-corrected chi connectivity index (χ2v) is 4.55. The number of carboxylic acid groups (broad SMARTS) is 1. The highest BCUT2D eigenvalue weighted by Gasteiger charge is 2.23. The van der Waals surface area contributed by atoms with Crippen LogP contribution in [0.5, 0.6) is 0 Å². The van der Waals surface area contributed by atoms with Crippen molar-refractivity contribution < 1.29 is 19.2 Å². The van der Waals surface area contributed by atoms with Crippen molar-refractivity contribution in [1.82, 2.24) is 9.80 Å². The number of nitrogens with zero attached hydrogens (tertiary/aromatic N) is 3. The Balaban J connectivity index is 0.00000220. The Kier molecular flexibility index (Phi) is 5.86. The van der Waals surface area contributed by atoms with Gasteiger partial charge >= 0.3 is 11.8 Å². The van der Waals surface area contributed by atoms with E-state index in [1.807, 2.05) is 4.90 Å². The van der Waals surface area contributed by atoms with E-state index < -0.39 is 22.5 Å². The van der Waals surface area contributed by atoms with Crippen LogP contribution in [0, 0.1) is 15.9 Å². The molecule has 116 valence electrons. The van der Waals surface area contributed by atoms with Crippen molar-refractivity contribution in [2.45, 2.75) is 6.54 Å². The molecular formula is C12H15ClFN3O4. The Hall–Kier alpha value is -1.93. The lowest BCUT2D eigenvalue weighted by molar-refractivity contribution is -0.387. The summed E-state index contributed by atoms with van der Waals surface area (Å²) in [7, 11) is 0. The molecule has 0 bridgehead atoms. The van der Waals surface area contributed by atoms with Gasteiger partial charge in [-0.2, -0.15) is 4.39 Å². The molecule has 21 heavy (non-hydrogen) atoms. The zero-order valence-corrected chi connectivity index (χ0v) is 11.9. The molecule has 1 heterocycles. The fourth-order valence-corrected chi connectivity index (χ4v) is 2.17. The van der Waals surface area contributed by atoms with Crippen LogP contribution in [-0.4, -0.2) is 52.1 Å². The molecule has 9 heteroatoms. The fourth-order valence-electron chi connectivity index (χ4n) is 2.17. The summed E-state index contributed by atoms with van der Waals surface area (Å²) >= 11 is 0. The molecule has 7 nitrogen and oxygen atoms in total. The lowest BCUT2D eigenvalue weighted by Crippen LogP contribution is -2.47.